The molecule has 1 saturated heterocycles. The standard InChI is InChI=1S/C18H24F3N5O3S/c1-10-12(9-24-6-5-23-16(24)22-3)30-15-13(10)14(27)26(11(2)18(19,20)21)17(28)25(15)7-8-29-4/h11H,5-9H2,1-4H3,(H,22,23). The van der Waals surface area contributed by atoms with Gasteiger partial charge in [-0.25, -0.2) is 9.36 Å². The number of nitrogens with one attached hydrogen (secondary N) is 1. The Morgan fingerprint density at radius 3 is 2.63 bits per heavy atom. The van der Waals surface area contributed by atoms with Crippen LogP contribution in [-0.4, -0.2) is 60.0 Å². The monoisotopic (exact) mass is 447 g/mol. The fraction of sp³-hybridized carbons (Fsp3) is 0.611. The lowest BCUT2D eigenvalue weighted by Crippen LogP contribution is -2.45. The zero-order chi connectivity index (χ0) is 22.2. The van der Waals surface area contributed by atoms with Crippen LogP contribution in [-0.2, 0) is 17.8 Å². The van der Waals surface area contributed by atoms with E-state index in [9.17, 15) is 22.8 Å². The van der Waals surface area contributed by atoms with Crippen LogP contribution in [0, 0.1) is 6.92 Å². The summed E-state index contributed by atoms with van der Waals surface area (Å²) >= 11 is 1.24. The summed E-state index contributed by atoms with van der Waals surface area (Å²) in [6.07, 6.45) is -4.73. The van der Waals surface area contributed by atoms with Gasteiger partial charge in [0.25, 0.3) is 5.56 Å². The molecular weight excluding hydrogens is 423 g/mol. The van der Waals surface area contributed by atoms with Crippen molar-refractivity contribution in [2.24, 2.45) is 4.99 Å². The molecule has 0 radical (unpaired) electrons. The molecule has 1 fully saturated rings. The molecule has 1 aliphatic rings. The third-order valence-corrected chi connectivity index (χ3v) is 6.53. The summed E-state index contributed by atoms with van der Waals surface area (Å²) in [5.41, 5.74) is -1.32. The van der Waals surface area contributed by atoms with E-state index in [1.165, 1.54) is 23.0 Å². The number of alkyl halides is 3. The summed E-state index contributed by atoms with van der Waals surface area (Å²) in [5, 5.41) is 3.29. The third-order valence-electron chi connectivity index (χ3n) is 5.23. The van der Waals surface area contributed by atoms with Crippen molar-refractivity contribution in [2.45, 2.75) is 39.2 Å². The SMILES string of the molecule is C/N=C1\NCCN1Cc1sc2c(c1C)c(=O)n(C(C)C(F)(F)F)c(=O)n2CCOC. The van der Waals surface area contributed by atoms with E-state index in [0.717, 1.165) is 18.3 Å². The van der Waals surface area contributed by atoms with Crippen LogP contribution in [0.25, 0.3) is 10.2 Å². The van der Waals surface area contributed by atoms with E-state index >= 15 is 0 Å². The summed E-state index contributed by atoms with van der Waals surface area (Å²) in [4.78, 5) is 33.3. The fourth-order valence-corrected chi connectivity index (χ4v) is 4.83. The number of aryl methyl sites for hydroxylation is 1. The number of hydrogen-bond acceptors (Lipinski definition) is 5. The van der Waals surface area contributed by atoms with Crippen molar-refractivity contribution in [3.63, 3.8) is 0 Å². The van der Waals surface area contributed by atoms with Crippen molar-refractivity contribution < 1.29 is 17.9 Å². The summed E-state index contributed by atoms with van der Waals surface area (Å²) in [5.74, 6) is 0.715. The van der Waals surface area contributed by atoms with E-state index in [1.807, 2.05) is 4.90 Å². The number of aromatic nitrogens is 2. The Morgan fingerprint density at radius 1 is 1.33 bits per heavy atom. The Hall–Kier alpha value is -2.34. The van der Waals surface area contributed by atoms with E-state index in [1.54, 1.807) is 14.0 Å². The quantitative estimate of drug-likeness (QED) is 0.729. The van der Waals surface area contributed by atoms with Crippen molar-refractivity contribution in [3.05, 3.63) is 31.3 Å². The van der Waals surface area contributed by atoms with Crippen molar-refractivity contribution in [3.8, 4) is 0 Å². The predicted octanol–water partition coefficient (Wildman–Crippen LogP) is 1.69. The number of rotatable bonds is 6. The maximum absolute atomic E-state index is 13.4. The first kappa shape index (κ1) is 22.3. The molecule has 1 atom stereocenters. The van der Waals surface area contributed by atoms with Gasteiger partial charge in [-0.05, 0) is 19.4 Å². The molecule has 0 aliphatic carbocycles. The minimum absolute atomic E-state index is 0.0447. The molecule has 1 N–H and O–H groups in total. The molecule has 30 heavy (non-hydrogen) atoms. The van der Waals surface area contributed by atoms with Gasteiger partial charge in [-0.1, -0.05) is 0 Å². The van der Waals surface area contributed by atoms with Crippen LogP contribution in [0.4, 0.5) is 13.2 Å². The average Bonchev–Trinajstić information content (AvgIpc) is 3.25. The van der Waals surface area contributed by atoms with E-state index < -0.39 is 23.5 Å². The second-order valence-electron chi connectivity index (χ2n) is 7.05. The zero-order valence-electron chi connectivity index (χ0n) is 17.2. The molecule has 1 unspecified atom stereocenters. The van der Waals surface area contributed by atoms with Crippen molar-refractivity contribution in [2.75, 3.05) is 33.9 Å². The molecular formula is C18H24F3N5O3S. The van der Waals surface area contributed by atoms with Crippen LogP contribution in [0.5, 0.6) is 0 Å². The summed E-state index contributed by atoms with van der Waals surface area (Å²) in [6, 6.07) is -2.24. The lowest BCUT2D eigenvalue weighted by Gasteiger charge is -2.19. The first-order valence-corrected chi connectivity index (χ1v) is 10.2. The third kappa shape index (κ3) is 3.85. The second-order valence-corrected chi connectivity index (χ2v) is 8.13. The van der Waals surface area contributed by atoms with Gasteiger partial charge in [-0.2, -0.15) is 13.2 Å². The van der Waals surface area contributed by atoms with E-state index in [0.29, 0.717) is 34.0 Å². The molecule has 0 saturated carbocycles. The van der Waals surface area contributed by atoms with Gasteiger partial charge in [0.2, 0.25) is 0 Å². The molecule has 3 rings (SSSR count). The number of nitrogens with zero attached hydrogens (tertiary/aromatic N) is 4. The van der Waals surface area contributed by atoms with Gasteiger partial charge in [0.1, 0.15) is 10.9 Å². The molecule has 8 nitrogen and oxygen atoms in total. The number of guanidine groups is 1. The molecule has 0 spiro atoms. The lowest BCUT2D eigenvalue weighted by molar-refractivity contribution is -0.164. The van der Waals surface area contributed by atoms with Crippen LogP contribution >= 0.6 is 11.3 Å². The number of halogens is 3. The van der Waals surface area contributed by atoms with Crippen molar-refractivity contribution in [1.29, 1.82) is 0 Å². The highest BCUT2D eigenvalue weighted by Crippen LogP contribution is 2.32. The Bertz CT molecular complexity index is 1090. The highest BCUT2D eigenvalue weighted by Gasteiger charge is 2.40. The molecule has 2 aromatic heterocycles. The van der Waals surface area contributed by atoms with Gasteiger partial charge in [0, 0.05) is 32.1 Å². The molecule has 0 amide bonds. The number of aliphatic imine (C=N–C) groups is 1. The number of thiophene rings is 1. The summed E-state index contributed by atoms with van der Waals surface area (Å²) in [6.45, 7) is 4.58. The van der Waals surface area contributed by atoms with Crippen LogP contribution in [0.2, 0.25) is 0 Å². The Morgan fingerprint density at radius 2 is 2.03 bits per heavy atom. The lowest BCUT2D eigenvalue weighted by atomic mass is 10.2. The first-order chi connectivity index (χ1) is 14.1. The van der Waals surface area contributed by atoms with E-state index in [2.05, 4.69) is 10.3 Å². The van der Waals surface area contributed by atoms with Crippen LogP contribution < -0.4 is 16.6 Å². The Balaban J connectivity index is 2.23. The van der Waals surface area contributed by atoms with Crippen molar-refractivity contribution >= 4 is 27.5 Å². The molecule has 2 aromatic rings. The number of ether oxygens (including phenoxy) is 1. The molecule has 166 valence electrons. The van der Waals surface area contributed by atoms with Crippen LogP contribution in [0.3, 0.4) is 0 Å². The van der Waals surface area contributed by atoms with Gasteiger partial charge >= 0.3 is 11.9 Å². The van der Waals surface area contributed by atoms with E-state index in [4.69, 9.17) is 4.74 Å². The molecule has 12 heteroatoms. The van der Waals surface area contributed by atoms with Crippen LogP contribution in [0.1, 0.15) is 23.4 Å². The first-order valence-electron chi connectivity index (χ1n) is 9.40. The second kappa shape index (κ2) is 8.42. The molecule has 0 bridgehead atoms. The van der Waals surface area contributed by atoms with Gasteiger partial charge in [0.05, 0.1) is 25.1 Å². The highest BCUT2D eigenvalue weighted by atomic mass is 32.1. The Kier molecular flexibility index (Phi) is 6.27. The summed E-state index contributed by atoms with van der Waals surface area (Å²) in [7, 11) is 3.10. The van der Waals surface area contributed by atoms with Gasteiger partial charge < -0.3 is 15.0 Å². The molecule has 1 aliphatic heterocycles. The fourth-order valence-electron chi connectivity index (χ4n) is 3.50. The Labute approximate surface area is 174 Å². The van der Waals surface area contributed by atoms with Crippen LogP contribution in [0.15, 0.2) is 14.6 Å². The summed E-state index contributed by atoms with van der Waals surface area (Å²) < 4.78 is 46.7. The number of hydrogen-bond donors (Lipinski definition) is 1. The minimum atomic E-state index is -4.73. The predicted molar refractivity (Wildman–Crippen MR) is 109 cm³/mol. The molecule has 0 aromatic carbocycles. The average molecular weight is 447 g/mol. The molecule has 3 heterocycles. The van der Waals surface area contributed by atoms with E-state index in [-0.39, 0.29) is 18.5 Å². The van der Waals surface area contributed by atoms with Crippen molar-refractivity contribution in [1.82, 2.24) is 19.4 Å². The normalized spacial score (nSPS) is 17.2. The smallest absolute Gasteiger partial charge is 0.383 e. The maximum Gasteiger partial charge on any atom is 0.409 e. The maximum atomic E-state index is 13.4. The zero-order valence-corrected chi connectivity index (χ0v) is 18.0. The number of methoxy groups -OCH3 is 1. The van der Waals surface area contributed by atoms with Gasteiger partial charge in [0.15, 0.2) is 5.96 Å². The van der Waals surface area contributed by atoms with Gasteiger partial charge in [-0.3, -0.25) is 14.4 Å². The minimum Gasteiger partial charge on any atom is -0.383 e. The topological polar surface area (TPSA) is 80.9 Å². The highest BCUT2D eigenvalue weighted by molar-refractivity contribution is 7.18. The number of fused-ring (bicyclic) bond motifs is 1. The largest absolute Gasteiger partial charge is 0.409 e. The van der Waals surface area contributed by atoms with Gasteiger partial charge in [-0.15, -0.1) is 11.3 Å².